The van der Waals surface area contributed by atoms with E-state index in [1.54, 1.807) is 0 Å². The number of amidine groups is 1. The summed E-state index contributed by atoms with van der Waals surface area (Å²) in [5.74, 6) is 1.40. The monoisotopic (exact) mass is 261 g/mol. The number of nitrogens with two attached hydrogens (primary N) is 1. The van der Waals surface area contributed by atoms with Crippen molar-refractivity contribution < 1.29 is 9.94 Å². The number of rotatable bonds is 5. The quantitative estimate of drug-likeness (QED) is 0.367. The van der Waals surface area contributed by atoms with E-state index < -0.39 is 0 Å². The lowest BCUT2D eigenvalue weighted by Gasteiger charge is -2.11. The van der Waals surface area contributed by atoms with Crippen molar-refractivity contribution in [1.82, 2.24) is 4.98 Å². The molecule has 1 heterocycles. The van der Waals surface area contributed by atoms with Gasteiger partial charge in [0.05, 0.1) is 12.2 Å². The van der Waals surface area contributed by atoms with Gasteiger partial charge < -0.3 is 15.7 Å². The van der Waals surface area contributed by atoms with Crippen LogP contribution in [0, 0.1) is 5.92 Å². The smallest absolute Gasteiger partial charge is 0.224 e. The fourth-order valence-corrected chi connectivity index (χ4v) is 2.53. The van der Waals surface area contributed by atoms with Crippen LogP contribution in [0.2, 0.25) is 0 Å². The highest BCUT2D eigenvalue weighted by Gasteiger charge is 2.22. The fourth-order valence-electron chi connectivity index (χ4n) is 2.53. The second kappa shape index (κ2) is 5.07. The molecule has 0 radical (unpaired) electrons. The normalized spacial score (nSPS) is 18.4. The van der Waals surface area contributed by atoms with Crippen LogP contribution in [0.3, 0.4) is 0 Å². The van der Waals surface area contributed by atoms with Crippen molar-refractivity contribution in [2.75, 3.05) is 6.61 Å². The fraction of sp³-hybridized carbons (Fsp3) is 0.571. The molecule has 102 valence electrons. The van der Waals surface area contributed by atoms with E-state index >= 15 is 0 Å². The van der Waals surface area contributed by atoms with E-state index in [9.17, 15) is 0 Å². The molecule has 1 fully saturated rings. The molecule has 1 aromatic rings. The number of ether oxygens (including phenoxy) is 1. The molecule has 0 spiro atoms. The molecule has 1 saturated carbocycles. The Kier molecular flexibility index (Phi) is 3.27. The SMILES string of the molecule is N/C(=N/O)c1cc2c(nc1OCCC1CC1)CCC2. The van der Waals surface area contributed by atoms with Crippen LogP contribution in [0.15, 0.2) is 11.2 Å². The third-order valence-corrected chi connectivity index (χ3v) is 3.86. The van der Waals surface area contributed by atoms with Crippen LogP contribution in [0.4, 0.5) is 0 Å². The van der Waals surface area contributed by atoms with E-state index in [2.05, 4.69) is 10.1 Å². The van der Waals surface area contributed by atoms with Crippen LogP contribution in [-0.4, -0.2) is 22.6 Å². The van der Waals surface area contributed by atoms with Gasteiger partial charge in [0.2, 0.25) is 5.88 Å². The van der Waals surface area contributed by atoms with Crippen molar-refractivity contribution >= 4 is 5.84 Å². The maximum atomic E-state index is 8.86. The maximum absolute atomic E-state index is 8.86. The van der Waals surface area contributed by atoms with Crippen LogP contribution in [0.1, 0.15) is 42.5 Å². The van der Waals surface area contributed by atoms with Crippen molar-refractivity contribution in [2.24, 2.45) is 16.8 Å². The lowest BCUT2D eigenvalue weighted by Crippen LogP contribution is -2.17. The highest BCUT2D eigenvalue weighted by molar-refractivity contribution is 5.99. The Morgan fingerprint density at radius 3 is 3.05 bits per heavy atom. The summed E-state index contributed by atoms with van der Waals surface area (Å²) in [6.07, 6.45) is 6.81. The average molecular weight is 261 g/mol. The Balaban J connectivity index is 1.82. The molecule has 0 aliphatic heterocycles. The summed E-state index contributed by atoms with van der Waals surface area (Å²) in [6.45, 7) is 0.655. The summed E-state index contributed by atoms with van der Waals surface area (Å²) in [6, 6.07) is 1.96. The van der Waals surface area contributed by atoms with Crippen molar-refractivity contribution in [3.8, 4) is 5.88 Å². The molecule has 0 saturated heterocycles. The van der Waals surface area contributed by atoms with Crippen LogP contribution in [0.25, 0.3) is 0 Å². The van der Waals surface area contributed by atoms with E-state index in [0.29, 0.717) is 18.1 Å². The molecule has 5 heteroatoms. The van der Waals surface area contributed by atoms with Gasteiger partial charge >= 0.3 is 0 Å². The molecule has 19 heavy (non-hydrogen) atoms. The van der Waals surface area contributed by atoms with Gasteiger partial charge in [0.15, 0.2) is 5.84 Å². The van der Waals surface area contributed by atoms with E-state index in [0.717, 1.165) is 37.3 Å². The summed E-state index contributed by atoms with van der Waals surface area (Å²) < 4.78 is 5.75. The van der Waals surface area contributed by atoms with Gasteiger partial charge in [-0.25, -0.2) is 4.98 Å². The van der Waals surface area contributed by atoms with Gasteiger partial charge in [-0.05, 0) is 43.2 Å². The van der Waals surface area contributed by atoms with Crippen LogP contribution >= 0.6 is 0 Å². The molecule has 0 atom stereocenters. The predicted octanol–water partition coefficient (Wildman–Crippen LogP) is 1.84. The minimum Gasteiger partial charge on any atom is -0.477 e. The number of nitrogens with zero attached hydrogens (tertiary/aromatic N) is 2. The zero-order valence-electron chi connectivity index (χ0n) is 10.9. The zero-order chi connectivity index (χ0) is 13.2. The summed E-state index contributed by atoms with van der Waals surface area (Å²) in [4.78, 5) is 4.55. The molecule has 0 bridgehead atoms. The number of hydrogen-bond donors (Lipinski definition) is 2. The van der Waals surface area contributed by atoms with Crippen molar-refractivity contribution in [1.29, 1.82) is 0 Å². The molecule has 1 aromatic heterocycles. The first-order valence-electron chi connectivity index (χ1n) is 6.91. The van der Waals surface area contributed by atoms with E-state index in [-0.39, 0.29) is 5.84 Å². The van der Waals surface area contributed by atoms with Crippen molar-refractivity contribution in [2.45, 2.75) is 38.5 Å². The molecule has 0 amide bonds. The van der Waals surface area contributed by atoms with Gasteiger partial charge in [0.25, 0.3) is 0 Å². The second-order valence-corrected chi connectivity index (χ2v) is 5.37. The van der Waals surface area contributed by atoms with Crippen molar-refractivity contribution in [3.63, 3.8) is 0 Å². The van der Waals surface area contributed by atoms with Crippen LogP contribution < -0.4 is 10.5 Å². The first-order chi connectivity index (χ1) is 9.28. The molecular formula is C14H19N3O2. The lowest BCUT2D eigenvalue weighted by molar-refractivity contribution is 0.289. The Morgan fingerprint density at radius 2 is 2.32 bits per heavy atom. The van der Waals surface area contributed by atoms with Gasteiger partial charge in [0.1, 0.15) is 0 Å². The molecular weight excluding hydrogens is 242 g/mol. The number of oxime groups is 1. The van der Waals surface area contributed by atoms with Gasteiger partial charge in [0, 0.05) is 5.69 Å². The number of hydrogen-bond acceptors (Lipinski definition) is 4. The number of pyridine rings is 1. The molecule has 3 rings (SSSR count). The molecule has 2 aliphatic carbocycles. The predicted molar refractivity (Wildman–Crippen MR) is 71.6 cm³/mol. The summed E-state index contributed by atoms with van der Waals surface area (Å²) in [7, 11) is 0. The minimum atomic E-state index is 0.0728. The largest absolute Gasteiger partial charge is 0.477 e. The second-order valence-electron chi connectivity index (χ2n) is 5.37. The molecule has 2 aliphatic rings. The Labute approximate surface area is 112 Å². The minimum absolute atomic E-state index is 0.0728. The van der Waals surface area contributed by atoms with E-state index in [4.69, 9.17) is 15.7 Å². The van der Waals surface area contributed by atoms with Gasteiger partial charge in [-0.2, -0.15) is 0 Å². The van der Waals surface area contributed by atoms with Crippen LogP contribution in [-0.2, 0) is 12.8 Å². The highest BCUT2D eigenvalue weighted by atomic mass is 16.5. The standard InChI is InChI=1S/C14H19N3O2/c15-13(17-18)11-8-10-2-1-3-12(10)16-14(11)19-7-6-9-4-5-9/h8-9,18H,1-7H2,(H2,15,17). The topological polar surface area (TPSA) is 80.7 Å². The first kappa shape index (κ1) is 12.3. The Morgan fingerprint density at radius 1 is 1.47 bits per heavy atom. The molecule has 0 unspecified atom stereocenters. The zero-order valence-corrected chi connectivity index (χ0v) is 10.9. The van der Waals surface area contributed by atoms with Gasteiger partial charge in [-0.1, -0.05) is 18.0 Å². The number of fused-ring (bicyclic) bond motifs is 1. The third kappa shape index (κ3) is 2.64. The van der Waals surface area contributed by atoms with E-state index in [1.807, 2.05) is 6.07 Å². The summed E-state index contributed by atoms with van der Waals surface area (Å²) >= 11 is 0. The van der Waals surface area contributed by atoms with Gasteiger partial charge in [-0.3, -0.25) is 0 Å². The Bertz CT molecular complexity index is 510. The lowest BCUT2D eigenvalue weighted by atomic mass is 10.1. The third-order valence-electron chi connectivity index (χ3n) is 3.86. The molecule has 5 nitrogen and oxygen atoms in total. The average Bonchev–Trinajstić information content (AvgIpc) is 3.13. The molecule has 0 aromatic carbocycles. The van der Waals surface area contributed by atoms with E-state index in [1.165, 1.54) is 18.4 Å². The van der Waals surface area contributed by atoms with Crippen molar-refractivity contribution in [3.05, 3.63) is 22.9 Å². The molecule has 3 N–H and O–H groups in total. The Hall–Kier alpha value is -1.78. The maximum Gasteiger partial charge on any atom is 0.224 e. The summed E-state index contributed by atoms with van der Waals surface area (Å²) in [5.41, 5.74) is 8.61. The van der Waals surface area contributed by atoms with Crippen LogP contribution in [0.5, 0.6) is 5.88 Å². The number of aromatic nitrogens is 1. The highest BCUT2D eigenvalue weighted by Crippen LogP contribution is 2.33. The number of aryl methyl sites for hydroxylation is 2. The summed E-state index contributed by atoms with van der Waals surface area (Å²) in [5, 5.41) is 11.9. The first-order valence-corrected chi connectivity index (χ1v) is 6.91. The van der Waals surface area contributed by atoms with Gasteiger partial charge in [-0.15, -0.1) is 0 Å².